The van der Waals surface area contributed by atoms with Crippen molar-refractivity contribution in [3.63, 3.8) is 0 Å². The van der Waals surface area contributed by atoms with Crippen molar-refractivity contribution in [3.05, 3.63) is 0 Å². The molecule has 1 N–H and O–H groups in total. The lowest BCUT2D eigenvalue weighted by atomic mass is 9.89. The Morgan fingerprint density at radius 2 is 2.19 bits per heavy atom. The Labute approximate surface area is 101 Å². The maximum atomic E-state index is 5.96. The van der Waals surface area contributed by atoms with E-state index in [1.807, 2.05) is 0 Å². The molecule has 3 atom stereocenters. The molecule has 0 aliphatic heterocycles. The van der Waals surface area contributed by atoms with Gasteiger partial charge in [-0.3, -0.25) is 0 Å². The molecule has 1 fully saturated rings. The van der Waals surface area contributed by atoms with Gasteiger partial charge in [0.15, 0.2) is 0 Å². The number of hydrogen-bond acceptors (Lipinski definition) is 2. The van der Waals surface area contributed by atoms with E-state index < -0.39 is 0 Å². The van der Waals surface area contributed by atoms with Gasteiger partial charge in [-0.2, -0.15) is 0 Å². The zero-order valence-corrected chi connectivity index (χ0v) is 11.3. The van der Waals surface area contributed by atoms with Gasteiger partial charge in [-0.15, -0.1) is 0 Å². The minimum absolute atomic E-state index is 0.544. The van der Waals surface area contributed by atoms with E-state index in [-0.39, 0.29) is 0 Å². The molecule has 1 aliphatic carbocycles. The van der Waals surface area contributed by atoms with Crippen LogP contribution in [0.4, 0.5) is 0 Å². The summed E-state index contributed by atoms with van der Waals surface area (Å²) in [4.78, 5) is 0. The summed E-state index contributed by atoms with van der Waals surface area (Å²) < 4.78 is 5.96. The summed E-state index contributed by atoms with van der Waals surface area (Å²) in [6.07, 6.45) is 8.21. The molecule has 0 bridgehead atoms. The van der Waals surface area contributed by atoms with Crippen LogP contribution in [-0.4, -0.2) is 25.3 Å². The predicted octanol–water partition coefficient (Wildman–Crippen LogP) is 3.36. The topological polar surface area (TPSA) is 21.3 Å². The predicted molar refractivity (Wildman–Crippen MR) is 69.7 cm³/mol. The highest BCUT2D eigenvalue weighted by atomic mass is 16.5. The molecule has 0 amide bonds. The summed E-state index contributed by atoms with van der Waals surface area (Å²) in [5.74, 6) is 0.870. The lowest BCUT2D eigenvalue weighted by Crippen LogP contribution is -2.29. The lowest BCUT2D eigenvalue weighted by Gasteiger charge is -2.27. The molecule has 2 heteroatoms. The Hall–Kier alpha value is -0.0800. The Bertz CT molecular complexity index is 172. The van der Waals surface area contributed by atoms with Crippen molar-refractivity contribution >= 4 is 0 Å². The fraction of sp³-hybridized carbons (Fsp3) is 1.00. The van der Waals surface area contributed by atoms with Gasteiger partial charge in [-0.25, -0.2) is 0 Å². The average molecular weight is 227 g/mol. The molecule has 0 aromatic heterocycles. The first-order valence-electron chi connectivity index (χ1n) is 7.07. The van der Waals surface area contributed by atoms with E-state index in [4.69, 9.17) is 4.74 Å². The van der Waals surface area contributed by atoms with Gasteiger partial charge in [0.2, 0.25) is 0 Å². The van der Waals surface area contributed by atoms with E-state index in [0.717, 1.165) is 25.5 Å². The molecule has 0 radical (unpaired) electrons. The molecule has 96 valence electrons. The van der Waals surface area contributed by atoms with Gasteiger partial charge in [0.25, 0.3) is 0 Å². The first-order chi connectivity index (χ1) is 7.72. The van der Waals surface area contributed by atoms with Crippen molar-refractivity contribution in [2.24, 2.45) is 5.92 Å². The van der Waals surface area contributed by atoms with Crippen LogP contribution < -0.4 is 5.32 Å². The second kappa shape index (κ2) is 8.08. The smallest absolute Gasteiger partial charge is 0.0577 e. The molecule has 16 heavy (non-hydrogen) atoms. The molecule has 3 unspecified atom stereocenters. The molecular weight excluding hydrogens is 198 g/mol. The normalized spacial score (nSPS) is 27.9. The van der Waals surface area contributed by atoms with Crippen molar-refractivity contribution in [1.29, 1.82) is 0 Å². The third-order valence-corrected chi connectivity index (χ3v) is 3.54. The molecule has 0 aromatic carbocycles. The highest BCUT2D eigenvalue weighted by Crippen LogP contribution is 2.25. The molecule has 2 nitrogen and oxygen atoms in total. The van der Waals surface area contributed by atoms with Crippen LogP contribution in [0.15, 0.2) is 0 Å². The minimum atomic E-state index is 0.544. The molecule has 0 saturated heterocycles. The van der Waals surface area contributed by atoms with Crippen LogP contribution in [0.3, 0.4) is 0 Å². The number of rotatable bonds is 7. The SMILES string of the molecule is CCCNC(C)CCOC1CCCC(C)C1. The summed E-state index contributed by atoms with van der Waals surface area (Å²) in [7, 11) is 0. The standard InChI is InChI=1S/C14H29NO/c1-4-9-15-13(3)8-10-16-14-7-5-6-12(2)11-14/h12-15H,4-11H2,1-3H3. The van der Waals surface area contributed by atoms with Gasteiger partial charge < -0.3 is 10.1 Å². The third kappa shape index (κ3) is 5.86. The van der Waals surface area contributed by atoms with E-state index in [9.17, 15) is 0 Å². The van der Waals surface area contributed by atoms with Crippen LogP contribution in [0.5, 0.6) is 0 Å². The Balaban J connectivity index is 2.01. The second-order valence-corrected chi connectivity index (χ2v) is 5.41. The molecule has 1 rings (SSSR count). The molecule has 0 heterocycles. The minimum Gasteiger partial charge on any atom is -0.378 e. The van der Waals surface area contributed by atoms with Gasteiger partial charge in [-0.1, -0.05) is 26.7 Å². The molecule has 0 spiro atoms. The van der Waals surface area contributed by atoms with Gasteiger partial charge in [0.05, 0.1) is 6.10 Å². The summed E-state index contributed by atoms with van der Waals surface area (Å²) in [5, 5.41) is 3.50. The molecule has 0 aromatic rings. The summed E-state index contributed by atoms with van der Waals surface area (Å²) >= 11 is 0. The van der Waals surface area contributed by atoms with Crippen LogP contribution >= 0.6 is 0 Å². The van der Waals surface area contributed by atoms with E-state index in [2.05, 4.69) is 26.1 Å². The fourth-order valence-electron chi connectivity index (χ4n) is 2.43. The number of hydrogen-bond donors (Lipinski definition) is 1. The molecular formula is C14H29NO. The maximum absolute atomic E-state index is 5.96. The van der Waals surface area contributed by atoms with Crippen molar-refractivity contribution in [1.82, 2.24) is 5.32 Å². The lowest BCUT2D eigenvalue weighted by molar-refractivity contribution is 0.0119. The van der Waals surface area contributed by atoms with Crippen molar-refractivity contribution in [2.75, 3.05) is 13.2 Å². The van der Waals surface area contributed by atoms with Crippen molar-refractivity contribution < 1.29 is 4.74 Å². The van der Waals surface area contributed by atoms with Crippen LogP contribution in [0.25, 0.3) is 0 Å². The van der Waals surface area contributed by atoms with E-state index >= 15 is 0 Å². The molecule has 1 aliphatic rings. The van der Waals surface area contributed by atoms with E-state index in [1.165, 1.54) is 32.1 Å². The van der Waals surface area contributed by atoms with Crippen LogP contribution in [0.1, 0.15) is 59.3 Å². The van der Waals surface area contributed by atoms with Gasteiger partial charge >= 0.3 is 0 Å². The summed E-state index contributed by atoms with van der Waals surface area (Å²) in [6.45, 7) is 8.86. The first-order valence-corrected chi connectivity index (χ1v) is 7.07. The zero-order valence-electron chi connectivity index (χ0n) is 11.3. The number of ether oxygens (including phenoxy) is 1. The van der Waals surface area contributed by atoms with Crippen molar-refractivity contribution in [3.8, 4) is 0 Å². The maximum Gasteiger partial charge on any atom is 0.0577 e. The highest BCUT2D eigenvalue weighted by molar-refractivity contribution is 4.71. The summed E-state index contributed by atoms with van der Waals surface area (Å²) in [6, 6.07) is 0.598. The monoisotopic (exact) mass is 227 g/mol. The Morgan fingerprint density at radius 3 is 2.88 bits per heavy atom. The van der Waals surface area contributed by atoms with Crippen molar-refractivity contribution in [2.45, 2.75) is 71.4 Å². The largest absolute Gasteiger partial charge is 0.378 e. The number of nitrogens with one attached hydrogen (secondary N) is 1. The highest BCUT2D eigenvalue weighted by Gasteiger charge is 2.19. The van der Waals surface area contributed by atoms with Gasteiger partial charge in [0.1, 0.15) is 0 Å². The zero-order chi connectivity index (χ0) is 11.8. The van der Waals surface area contributed by atoms with Gasteiger partial charge in [0, 0.05) is 12.6 Å². The van der Waals surface area contributed by atoms with Crippen LogP contribution in [0, 0.1) is 5.92 Å². The van der Waals surface area contributed by atoms with E-state index in [1.54, 1.807) is 0 Å². The van der Waals surface area contributed by atoms with E-state index in [0.29, 0.717) is 12.1 Å². The molecule has 1 saturated carbocycles. The van der Waals surface area contributed by atoms with Crippen LogP contribution in [0.2, 0.25) is 0 Å². The average Bonchev–Trinajstić information content (AvgIpc) is 2.26. The quantitative estimate of drug-likeness (QED) is 0.720. The third-order valence-electron chi connectivity index (χ3n) is 3.54. The second-order valence-electron chi connectivity index (χ2n) is 5.41. The Morgan fingerprint density at radius 1 is 1.38 bits per heavy atom. The summed E-state index contributed by atoms with van der Waals surface area (Å²) in [5.41, 5.74) is 0. The Kier molecular flexibility index (Phi) is 7.06. The van der Waals surface area contributed by atoms with Crippen LogP contribution in [-0.2, 0) is 4.74 Å². The fourth-order valence-corrected chi connectivity index (χ4v) is 2.43. The first kappa shape index (κ1) is 14.0. The van der Waals surface area contributed by atoms with Gasteiger partial charge in [-0.05, 0) is 45.1 Å².